The van der Waals surface area contributed by atoms with Gasteiger partial charge in [-0.3, -0.25) is 4.79 Å². The van der Waals surface area contributed by atoms with Gasteiger partial charge in [0.2, 0.25) is 0 Å². The van der Waals surface area contributed by atoms with Gasteiger partial charge < -0.3 is 5.11 Å². The molecule has 0 aliphatic carbocycles. The Morgan fingerprint density at radius 3 is 2.72 bits per heavy atom. The molecule has 92 valence electrons. The summed E-state index contributed by atoms with van der Waals surface area (Å²) in [6.45, 7) is 3.68. The van der Waals surface area contributed by atoms with Crippen LogP contribution in [0.5, 0.6) is 0 Å². The van der Waals surface area contributed by atoms with Crippen molar-refractivity contribution < 1.29 is 9.90 Å². The first-order chi connectivity index (χ1) is 8.70. The Balaban J connectivity index is 2.43. The van der Waals surface area contributed by atoms with E-state index in [0.717, 1.165) is 21.1 Å². The Bertz CT molecular complexity index is 560. The van der Waals surface area contributed by atoms with Crippen molar-refractivity contribution in [3.8, 4) is 11.3 Å². The number of aliphatic carboxylic acids is 1. The van der Waals surface area contributed by atoms with Crippen LogP contribution in [-0.2, 0) is 17.6 Å². The monoisotopic (exact) mass is 259 g/mol. The minimum atomic E-state index is -0.832. The summed E-state index contributed by atoms with van der Waals surface area (Å²) < 4.78 is 0. The molecule has 2 aromatic rings. The normalized spacial score (nSPS) is 10.2. The third kappa shape index (κ3) is 2.84. The zero-order chi connectivity index (χ0) is 13.0. The van der Waals surface area contributed by atoms with Gasteiger partial charge in [-0.25, -0.2) is 4.98 Å². The van der Waals surface area contributed by atoms with E-state index in [1.165, 1.54) is 11.3 Å². The molecule has 0 fully saturated rings. The lowest BCUT2D eigenvalue weighted by Gasteiger charge is -1.99. The van der Waals surface area contributed by atoms with Crippen molar-refractivity contribution in [2.24, 2.45) is 0 Å². The molecule has 0 saturated heterocycles. The molecule has 1 heterocycles. The largest absolute Gasteiger partial charge is 0.481 e. The highest BCUT2D eigenvalue weighted by Gasteiger charge is 2.14. The number of aromatic nitrogens is 1. The van der Waals surface area contributed by atoms with Crippen LogP contribution in [0.1, 0.15) is 9.88 Å². The number of carboxylic acids is 1. The molecule has 2 rings (SSSR count). The SMILES string of the molecule is C=CCc1nc(-c2ccccc2)c(CC(=O)O)s1. The smallest absolute Gasteiger partial charge is 0.308 e. The van der Waals surface area contributed by atoms with Gasteiger partial charge in [0, 0.05) is 16.9 Å². The molecule has 0 aliphatic heterocycles. The number of thiazole rings is 1. The van der Waals surface area contributed by atoms with Crippen LogP contribution in [0.4, 0.5) is 0 Å². The molecule has 0 spiro atoms. The van der Waals surface area contributed by atoms with Gasteiger partial charge in [0.1, 0.15) is 0 Å². The van der Waals surface area contributed by atoms with Crippen molar-refractivity contribution in [2.75, 3.05) is 0 Å². The zero-order valence-corrected chi connectivity index (χ0v) is 10.6. The maximum atomic E-state index is 10.9. The van der Waals surface area contributed by atoms with Crippen LogP contribution >= 0.6 is 11.3 Å². The highest BCUT2D eigenvalue weighted by atomic mass is 32.1. The summed E-state index contributed by atoms with van der Waals surface area (Å²) in [5, 5.41) is 9.84. The molecule has 1 aromatic carbocycles. The van der Waals surface area contributed by atoms with Crippen LogP contribution in [0.25, 0.3) is 11.3 Å². The highest BCUT2D eigenvalue weighted by molar-refractivity contribution is 7.12. The molecule has 1 aromatic heterocycles. The molecule has 4 heteroatoms. The van der Waals surface area contributed by atoms with Crippen LogP contribution in [-0.4, -0.2) is 16.1 Å². The lowest BCUT2D eigenvalue weighted by molar-refractivity contribution is -0.136. The van der Waals surface area contributed by atoms with Gasteiger partial charge in [-0.1, -0.05) is 36.4 Å². The Labute approximate surface area is 109 Å². The molecule has 3 nitrogen and oxygen atoms in total. The van der Waals surface area contributed by atoms with Crippen molar-refractivity contribution in [3.63, 3.8) is 0 Å². The molecular formula is C14H13NO2S. The van der Waals surface area contributed by atoms with Crippen molar-refractivity contribution in [2.45, 2.75) is 12.8 Å². The van der Waals surface area contributed by atoms with E-state index in [1.54, 1.807) is 6.08 Å². The number of carboxylic acid groups (broad SMARTS) is 1. The van der Waals surface area contributed by atoms with E-state index in [9.17, 15) is 4.79 Å². The molecule has 0 bridgehead atoms. The third-order valence-corrected chi connectivity index (χ3v) is 3.50. The van der Waals surface area contributed by atoms with Crippen LogP contribution in [0, 0.1) is 0 Å². The van der Waals surface area contributed by atoms with Gasteiger partial charge in [0.15, 0.2) is 0 Å². The predicted octanol–water partition coefficient (Wildman–Crippen LogP) is 3.17. The molecule has 0 radical (unpaired) electrons. The minimum Gasteiger partial charge on any atom is -0.481 e. The minimum absolute atomic E-state index is 0.0129. The van der Waals surface area contributed by atoms with E-state index in [1.807, 2.05) is 30.3 Å². The van der Waals surface area contributed by atoms with Gasteiger partial charge >= 0.3 is 5.97 Å². The van der Waals surface area contributed by atoms with Crippen molar-refractivity contribution >= 4 is 17.3 Å². The molecule has 0 aliphatic rings. The number of allylic oxidation sites excluding steroid dienone is 1. The molecule has 0 amide bonds. The predicted molar refractivity (Wildman–Crippen MR) is 72.8 cm³/mol. The molecule has 0 saturated carbocycles. The second-order valence-electron chi connectivity index (χ2n) is 3.81. The van der Waals surface area contributed by atoms with Crippen LogP contribution in [0.2, 0.25) is 0 Å². The Kier molecular flexibility index (Phi) is 3.89. The number of hydrogen-bond acceptors (Lipinski definition) is 3. The Hall–Kier alpha value is -1.94. The number of benzene rings is 1. The fraction of sp³-hybridized carbons (Fsp3) is 0.143. The standard InChI is InChI=1S/C14H13NO2S/c1-2-6-12-15-14(10-7-4-3-5-8-10)11(18-12)9-13(16)17/h2-5,7-8H,1,6,9H2,(H,16,17). The van der Waals surface area contributed by atoms with Crippen LogP contribution in [0.15, 0.2) is 43.0 Å². The number of carbonyl (C=O) groups is 1. The lowest BCUT2D eigenvalue weighted by Crippen LogP contribution is -1.99. The fourth-order valence-electron chi connectivity index (χ4n) is 1.69. The summed E-state index contributed by atoms with van der Waals surface area (Å²) >= 11 is 1.44. The molecule has 18 heavy (non-hydrogen) atoms. The summed E-state index contributed by atoms with van der Waals surface area (Å²) in [6, 6.07) is 9.66. The van der Waals surface area contributed by atoms with E-state index < -0.39 is 5.97 Å². The zero-order valence-electron chi connectivity index (χ0n) is 9.80. The first-order valence-electron chi connectivity index (χ1n) is 5.57. The first kappa shape index (κ1) is 12.5. The fourth-order valence-corrected chi connectivity index (χ4v) is 2.77. The van der Waals surface area contributed by atoms with E-state index >= 15 is 0 Å². The highest BCUT2D eigenvalue weighted by Crippen LogP contribution is 2.29. The van der Waals surface area contributed by atoms with Crippen LogP contribution < -0.4 is 0 Å². The second kappa shape index (κ2) is 5.60. The van der Waals surface area contributed by atoms with Gasteiger partial charge in [0.25, 0.3) is 0 Å². The Morgan fingerprint density at radius 2 is 2.11 bits per heavy atom. The summed E-state index contributed by atoms with van der Waals surface area (Å²) in [6.07, 6.45) is 2.46. The quantitative estimate of drug-likeness (QED) is 0.839. The van der Waals surface area contributed by atoms with E-state index in [4.69, 9.17) is 5.11 Å². The maximum absolute atomic E-state index is 10.9. The average molecular weight is 259 g/mol. The van der Waals surface area contributed by atoms with Gasteiger partial charge in [-0.15, -0.1) is 17.9 Å². The number of nitrogens with zero attached hydrogens (tertiary/aromatic N) is 1. The molecule has 0 atom stereocenters. The summed E-state index contributed by atoms with van der Waals surface area (Å²) in [5.41, 5.74) is 1.74. The van der Waals surface area contributed by atoms with Gasteiger partial charge in [-0.05, 0) is 0 Å². The molecule has 1 N–H and O–H groups in total. The lowest BCUT2D eigenvalue weighted by atomic mass is 10.1. The van der Waals surface area contributed by atoms with Crippen molar-refractivity contribution in [1.29, 1.82) is 0 Å². The summed E-state index contributed by atoms with van der Waals surface area (Å²) in [7, 11) is 0. The average Bonchev–Trinajstić information content (AvgIpc) is 2.73. The Morgan fingerprint density at radius 1 is 1.39 bits per heavy atom. The van der Waals surface area contributed by atoms with Crippen molar-refractivity contribution in [3.05, 3.63) is 52.9 Å². The molecular weight excluding hydrogens is 246 g/mol. The first-order valence-corrected chi connectivity index (χ1v) is 6.39. The van der Waals surface area contributed by atoms with Gasteiger partial charge in [0.05, 0.1) is 17.1 Å². The third-order valence-electron chi connectivity index (χ3n) is 2.42. The van der Waals surface area contributed by atoms with E-state index in [-0.39, 0.29) is 6.42 Å². The maximum Gasteiger partial charge on any atom is 0.308 e. The molecule has 0 unspecified atom stereocenters. The summed E-state index contributed by atoms with van der Waals surface area (Å²) in [5.74, 6) is -0.832. The van der Waals surface area contributed by atoms with Gasteiger partial charge in [-0.2, -0.15) is 0 Å². The van der Waals surface area contributed by atoms with E-state index in [0.29, 0.717) is 6.42 Å². The second-order valence-corrected chi connectivity index (χ2v) is 4.98. The number of rotatable bonds is 5. The summed E-state index contributed by atoms with van der Waals surface area (Å²) in [4.78, 5) is 16.2. The topological polar surface area (TPSA) is 50.2 Å². The van der Waals surface area contributed by atoms with E-state index in [2.05, 4.69) is 11.6 Å². The number of hydrogen-bond donors (Lipinski definition) is 1. The van der Waals surface area contributed by atoms with Crippen molar-refractivity contribution in [1.82, 2.24) is 4.98 Å². The van der Waals surface area contributed by atoms with Crippen LogP contribution in [0.3, 0.4) is 0 Å².